The maximum absolute atomic E-state index is 12.0. The van der Waals surface area contributed by atoms with Gasteiger partial charge in [0.15, 0.2) is 0 Å². The van der Waals surface area contributed by atoms with Crippen molar-refractivity contribution in [3.8, 4) is 0 Å². The summed E-state index contributed by atoms with van der Waals surface area (Å²) in [5.74, 6) is 1.18. The summed E-state index contributed by atoms with van der Waals surface area (Å²) in [5.41, 5.74) is 7.60. The van der Waals surface area contributed by atoms with E-state index in [1.807, 2.05) is 25.1 Å². The summed E-state index contributed by atoms with van der Waals surface area (Å²) in [5, 5.41) is 0. The molecule has 0 heterocycles. The maximum atomic E-state index is 12.0. The molecule has 0 saturated heterocycles. The average molecular weight is 225 g/mol. The molecule has 3 heteroatoms. The van der Waals surface area contributed by atoms with E-state index in [-0.39, 0.29) is 0 Å². The SMILES string of the molecule is CCC(C)CS(=O)c1ccc(C)cc1N. The van der Waals surface area contributed by atoms with Gasteiger partial charge >= 0.3 is 0 Å². The third-order valence-electron chi connectivity index (χ3n) is 2.54. The van der Waals surface area contributed by atoms with Gasteiger partial charge in [-0.15, -0.1) is 0 Å². The molecule has 0 bridgehead atoms. The number of benzene rings is 1. The summed E-state index contributed by atoms with van der Waals surface area (Å²) in [6.45, 7) is 6.21. The Bertz CT molecular complexity index is 363. The van der Waals surface area contributed by atoms with E-state index < -0.39 is 10.8 Å². The Hall–Kier alpha value is -0.830. The second-order valence-corrected chi connectivity index (χ2v) is 5.53. The summed E-state index contributed by atoms with van der Waals surface area (Å²) >= 11 is 0. The Morgan fingerprint density at radius 1 is 1.47 bits per heavy atom. The fraction of sp³-hybridized carbons (Fsp3) is 0.500. The van der Waals surface area contributed by atoms with Crippen molar-refractivity contribution >= 4 is 16.5 Å². The number of hydrogen-bond acceptors (Lipinski definition) is 2. The quantitative estimate of drug-likeness (QED) is 0.801. The molecule has 2 N–H and O–H groups in total. The molecule has 0 saturated carbocycles. The number of anilines is 1. The van der Waals surface area contributed by atoms with E-state index in [1.54, 1.807) is 0 Å². The topological polar surface area (TPSA) is 43.1 Å². The van der Waals surface area contributed by atoms with Crippen LogP contribution in [0.3, 0.4) is 0 Å². The van der Waals surface area contributed by atoms with Crippen LogP contribution in [0.5, 0.6) is 0 Å². The van der Waals surface area contributed by atoms with E-state index in [0.29, 0.717) is 17.4 Å². The molecule has 0 aromatic heterocycles. The van der Waals surface area contributed by atoms with E-state index in [2.05, 4.69) is 13.8 Å². The molecular weight excluding hydrogens is 206 g/mol. The van der Waals surface area contributed by atoms with Crippen LogP contribution in [0.1, 0.15) is 25.8 Å². The minimum absolute atomic E-state index is 0.478. The number of nitrogen functional groups attached to an aromatic ring is 1. The van der Waals surface area contributed by atoms with E-state index in [0.717, 1.165) is 16.9 Å². The first kappa shape index (κ1) is 12.2. The summed E-state index contributed by atoms with van der Waals surface area (Å²) in [7, 11) is -0.958. The third kappa shape index (κ3) is 3.34. The zero-order valence-electron chi connectivity index (χ0n) is 9.62. The summed E-state index contributed by atoms with van der Waals surface area (Å²) in [6, 6.07) is 5.72. The molecule has 1 rings (SSSR count). The molecule has 0 spiro atoms. The Labute approximate surface area is 94.3 Å². The van der Waals surface area contributed by atoms with Crippen molar-refractivity contribution in [1.29, 1.82) is 0 Å². The first-order valence-electron chi connectivity index (χ1n) is 5.29. The molecule has 0 aliphatic rings. The highest BCUT2D eigenvalue weighted by atomic mass is 32.2. The molecule has 0 fully saturated rings. The van der Waals surface area contributed by atoms with Crippen molar-refractivity contribution in [1.82, 2.24) is 0 Å². The van der Waals surface area contributed by atoms with Crippen LogP contribution < -0.4 is 5.73 Å². The van der Waals surface area contributed by atoms with Gasteiger partial charge in [-0.2, -0.15) is 0 Å². The van der Waals surface area contributed by atoms with Crippen LogP contribution in [0.2, 0.25) is 0 Å². The van der Waals surface area contributed by atoms with Crippen molar-refractivity contribution in [2.24, 2.45) is 5.92 Å². The van der Waals surface area contributed by atoms with Crippen LogP contribution >= 0.6 is 0 Å². The molecule has 0 radical (unpaired) electrons. The molecule has 2 atom stereocenters. The largest absolute Gasteiger partial charge is 0.398 e. The average Bonchev–Trinajstić information content (AvgIpc) is 2.17. The molecule has 1 aromatic carbocycles. The smallest absolute Gasteiger partial charge is 0.0617 e. The number of hydrogen-bond donors (Lipinski definition) is 1. The summed E-state index contributed by atoms with van der Waals surface area (Å²) in [6.07, 6.45) is 1.05. The van der Waals surface area contributed by atoms with Crippen molar-refractivity contribution in [2.75, 3.05) is 11.5 Å². The standard InChI is InChI=1S/C12H19NOS/c1-4-9(2)8-15(14)12-6-5-10(3)7-11(12)13/h5-7,9H,4,8,13H2,1-3H3. The highest BCUT2D eigenvalue weighted by molar-refractivity contribution is 7.85. The van der Waals surface area contributed by atoms with Gasteiger partial charge in [-0.3, -0.25) is 4.21 Å². The van der Waals surface area contributed by atoms with Crippen molar-refractivity contribution < 1.29 is 4.21 Å². The molecule has 0 amide bonds. The van der Waals surface area contributed by atoms with Crippen LogP contribution in [0.25, 0.3) is 0 Å². The van der Waals surface area contributed by atoms with Gasteiger partial charge in [0.2, 0.25) is 0 Å². The fourth-order valence-electron chi connectivity index (χ4n) is 1.34. The van der Waals surface area contributed by atoms with Gasteiger partial charge < -0.3 is 5.73 Å². The van der Waals surface area contributed by atoms with Crippen LogP contribution in [0.4, 0.5) is 5.69 Å². The van der Waals surface area contributed by atoms with Gasteiger partial charge in [-0.05, 0) is 30.5 Å². The highest BCUT2D eigenvalue weighted by Gasteiger charge is 2.11. The second kappa shape index (κ2) is 5.31. The summed E-state index contributed by atoms with van der Waals surface area (Å²) in [4.78, 5) is 0.779. The lowest BCUT2D eigenvalue weighted by molar-refractivity contribution is 0.616. The molecule has 2 nitrogen and oxygen atoms in total. The third-order valence-corrected chi connectivity index (χ3v) is 4.28. The lowest BCUT2D eigenvalue weighted by Crippen LogP contribution is -2.08. The zero-order chi connectivity index (χ0) is 11.4. The van der Waals surface area contributed by atoms with Crippen LogP contribution in [-0.2, 0) is 10.8 Å². The Balaban J connectivity index is 2.82. The Morgan fingerprint density at radius 3 is 2.67 bits per heavy atom. The first-order valence-corrected chi connectivity index (χ1v) is 6.61. The fourth-order valence-corrected chi connectivity index (χ4v) is 2.81. The lowest BCUT2D eigenvalue weighted by Gasteiger charge is -2.10. The molecule has 84 valence electrons. The van der Waals surface area contributed by atoms with E-state index in [9.17, 15) is 4.21 Å². The van der Waals surface area contributed by atoms with Crippen LogP contribution in [0, 0.1) is 12.8 Å². The van der Waals surface area contributed by atoms with Gasteiger partial charge in [0.05, 0.1) is 15.7 Å². The van der Waals surface area contributed by atoms with Gasteiger partial charge in [-0.1, -0.05) is 26.3 Å². The predicted molar refractivity (Wildman–Crippen MR) is 66.3 cm³/mol. The van der Waals surface area contributed by atoms with E-state index in [4.69, 9.17) is 5.73 Å². The van der Waals surface area contributed by atoms with E-state index in [1.165, 1.54) is 0 Å². The Kier molecular flexibility index (Phi) is 4.33. The van der Waals surface area contributed by atoms with Crippen molar-refractivity contribution in [3.63, 3.8) is 0 Å². The lowest BCUT2D eigenvalue weighted by atomic mass is 10.2. The predicted octanol–water partition coefficient (Wildman–Crippen LogP) is 2.73. The highest BCUT2D eigenvalue weighted by Crippen LogP contribution is 2.19. The van der Waals surface area contributed by atoms with Crippen molar-refractivity contribution in [2.45, 2.75) is 32.1 Å². The molecule has 0 aliphatic heterocycles. The monoisotopic (exact) mass is 225 g/mol. The van der Waals surface area contributed by atoms with Gasteiger partial charge in [0, 0.05) is 11.4 Å². The van der Waals surface area contributed by atoms with Crippen LogP contribution in [-0.4, -0.2) is 9.96 Å². The van der Waals surface area contributed by atoms with Gasteiger partial charge in [-0.25, -0.2) is 0 Å². The Morgan fingerprint density at radius 2 is 2.13 bits per heavy atom. The summed E-state index contributed by atoms with van der Waals surface area (Å²) < 4.78 is 12.0. The second-order valence-electron chi connectivity index (χ2n) is 4.07. The van der Waals surface area contributed by atoms with Crippen LogP contribution in [0.15, 0.2) is 23.1 Å². The van der Waals surface area contributed by atoms with Crippen molar-refractivity contribution in [3.05, 3.63) is 23.8 Å². The minimum Gasteiger partial charge on any atom is -0.398 e. The number of nitrogens with two attached hydrogens (primary N) is 1. The van der Waals surface area contributed by atoms with E-state index >= 15 is 0 Å². The number of rotatable bonds is 4. The normalized spacial score (nSPS) is 14.9. The minimum atomic E-state index is -0.958. The molecule has 15 heavy (non-hydrogen) atoms. The number of aryl methyl sites for hydroxylation is 1. The van der Waals surface area contributed by atoms with Gasteiger partial charge in [0.1, 0.15) is 0 Å². The first-order chi connectivity index (χ1) is 7.04. The maximum Gasteiger partial charge on any atom is 0.0617 e. The molecule has 1 aromatic rings. The zero-order valence-corrected chi connectivity index (χ0v) is 10.4. The van der Waals surface area contributed by atoms with Gasteiger partial charge in [0.25, 0.3) is 0 Å². The molecule has 2 unspecified atom stereocenters. The molecule has 0 aliphatic carbocycles. The molecular formula is C12H19NOS.